The molecule has 0 saturated carbocycles. The van der Waals surface area contributed by atoms with Crippen LogP contribution in [0.5, 0.6) is 0 Å². The van der Waals surface area contributed by atoms with Crippen LogP contribution < -0.4 is 0 Å². The van der Waals surface area contributed by atoms with E-state index in [4.69, 9.17) is 11.6 Å². The van der Waals surface area contributed by atoms with Crippen molar-refractivity contribution in [2.75, 3.05) is 5.75 Å². The fourth-order valence-electron chi connectivity index (χ4n) is 0.614. The third-order valence-electron chi connectivity index (χ3n) is 1.06. The molecule has 0 atom stereocenters. The van der Waals surface area contributed by atoms with Crippen LogP contribution in [0.25, 0.3) is 0 Å². The van der Waals surface area contributed by atoms with Gasteiger partial charge in [0.2, 0.25) is 0 Å². The van der Waals surface area contributed by atoms with Gasteiger partial charge in [-0.2, -0.15) is 12.6 Å². The van der Waals surface area contributed by atoms with Crippen LogP contribution in [0.15, 0.2) is 18.3 Å². The maximum absolute atomic E-state index is 5.72. The van der Waals surface area contributed by atoms with E-state index < -0.39 is 0 Å². The summed E-state index contributed by atoms with van der Waals surface area (Å²) in [6.07, 6.45) is 1.63. The van der Waals surface area contributed by atoms with Crippen molar-refractivity contribution in [2.24, 2.45) is 0 Å². The molecule has 0 amide bonds. The van der Waals surface area contributed by atoms with Crippen LogP contribution >= 0.6 is 24.2 Å². The first-order chi connectivity index (χ1) is 5.34. The minimum atomic E-state index is 0.446. The van der Waals surface area contributed by atoms with Gasteiger partial charge in [0, 0.05) is 6.20 Å². The molecule has 0 radical (unpaired) electrons. The molecule has 1 heterocycles. The van der Waals surface area contributed by atoms with Gasteiger partial charge >= 0.3 is 0 Å². The standard InChI is InChI=1S/C8H6ClNS/c9-8-7(4-2-6-11)3-1-5-10-8/h1,3,5,11H,6H2. The van der Waals surface area contributed by atoms with E-state index in [1.165, 1.54) is 0 Å². The van der Waals surface area contributed by atoms with Crippen molar-refractivity contribution in [1.82, 2.24) is 4.98 Å². The Balaban J connectivity index is 2.95. The Morgan fingerprint density at radius 2 is 2.45 bits per heavy atom. The Kier molecular flexibility index (Phi) is 3.28. The molecule has 0 bridgehead atoms. The van der Waals surface area contributed by atoms with Crippen molar-refractivity contribution in [3.8, 4) is 11.8 Å². The smallest absolute Gasteiger partial charge is 0.144 e. The molecule has 0 saturated heterocycles. The van der Waals surface area contributed by atoms with Crippen molar-refractivity contribution in [1.29, 1.82) is 0 Å². The second-order valence-corrected chi connectivity index (χ2v) is 2.48. The highest BCUT2D eigenvalue weighted by Crippen LogP contribution is 2.08. The van der Waals surface area contributed by atoms with Crippen LogP contribution in [0.4, 0.5) is 0 Å². The van der Waals surface area contributed by atoms with E-state index in [2.05, 4.69) is 29.5 Å². The summed E-state index contributed by atoms with van der Waals surface area (Å²) >= 11 is 9.67. The molecular weight excluding hydrogens is 178 g/mol. The summed E-state index contributed by atoms with van der Waals surface area (Å²) < 4.78 is 0. The maximum Gasteiger partial charge on any atom is 0.144 e. The van der Waals surface area contributed by atoms with Gasteiger partial charge in [0.25, 0.3) is 0 Å². The van der Waals surface area contributed by atoms with Crippen molar-refractivity contribution >= 4 is 24.2 Å². The molecule has 1 aromatic rings. The van der Waals surface area contributed by atoms with E-state index in [0.29, 0.717) is 10.9 Å². The number of nitrogens with zero attached hydrogens (tertiary/aromatic N) is 1. The van der Waals surface area contributed by atoms with E-state index in [0.717, 1.165) is 5.56 Å². The zero-order chi connectivity index (χ0) is 8.10. The van der Waals surface area contributed by atoms with Gasteiger partial charge in [0.05, 0.1) is 11.3 Å². The zero-order valence-corrected chi connectivity index (χ0v) is 7.36. The number of aromatic nitrogens is 1. The first kappa shape index (κ1) is 8.45. The number of hydrogen-bond acceptors (Lipinski definition) is 2. The summed E-state index contributed by atoms with van der Waals surface area (Å²) in [6.45, 7) is 0. The molecule has 11 heavy (non-hydrogen) atoms. The number of hydrogen-bond donors (Lipinski definition) is 1. The summed E-state index contributed by atoms with van der Waals surface area (Å²) in [5.74, 6) is 6.17. The highest BCUT2D eigenvalue weighted by atomic mass is 35.5. The van der Waals surface area contributed by atoms with Crippen molar-refractivity contribution in [3.63, 3.8) is 0 Å². The number of halogens is 1. The average molecular weight is 184 g/mol. The summed E-state index contributed by atoms with van der Waals surface area (Å²) in [5, 5.41) is 0.446. The molecule has 1 aromatic heterocycles. The fourth-order valence-corrected chi connectivity index (χ4v) is 0.860. The lowest BCUT2D eigenvalue weighted by molar-refractivity contribution is 1.31. The molecule has 0 N–H and O–H groups in total. The topological polar surface area (TPSA) is 12.9 Å². The Morgan fingerprint density at radius 3 is 3.09 bits per heavy atom. The van der Waals surface area contributed by atoms with Crippen LogP contribution in [-0.2, 0) is 0 Å². The van der Waals surface area contributed by atoms with Crippen LogP contribution in [0.2, 0.25) is 5.15 Å². The molecule has 1 rings (SSSR count). The SMILES string of the molecule is SCC#Cc1cccnc1Cl. The van der Waals surface area contributed by atoms with Crippen molar-refractivity contribution < 1.29 is 0 Å². The van der Waals surface area contributed by atoms with Gasteiger partial charge in [-0.05, 0) is 12.1 Å². The van der Waals surface area contributed by atoms with Crippen LogP contribution in [0.1, 0.15) is 5.56 Å². The van der Waals surface area contributed by atoms with Crippen LogP contribution in [-0.4, -0.2) is 10.7 Å². The Labute approximate surface area is 76.2 Å². The Bertz CT molecular complexity index is 300. The Morgan fingerprint density at radius 1 is 1.64 bits per heavy atom. The lowest BCUT2D eigenvalue weighted by Gasteiger charge is -1.90. The van der Waals surface area contributed by atoms with Gasteiger partial charge in [0.15, 0.2) is 0 Å². The van der Waals surface area contributed by atoms with Crippen molar-refractivity contribution in [2.45, 2.75) is 0 Å². The number of pyridine rings is 1. The number of rotatable bonds is 0. The monoisotopic (exact) mass is 183 g/mol. The lowest BCUT2D eigenvalue weighted by atomic mass is 10.3. The van der Waals surface area contributed by atoms with E-state index >= 15 is 0 Å². The molecular formula is C8H6ClNS. The molecule has 1 nitrogen and oxygen atoms in total. The first-order valence-electron chi connectivity index (χ1n) is 3.05. The average Bonchev–Trinajstić information content (AvgIpc) is 2.03. The minimum Gasteiger partial charge on any atom is -0.243 e. The van der Waals surface area contributed by atoms with E-state index in [-0.39, 0.29) is 0 Å². The largest absolute Gasteiger partial charge is 0.243 e. The van der Waals surface area contributed by atoms with E-state index in [1.807, 2.05) is 6.07 Å². The summed E-state index contributed by atoms with van der Waals surface area (Å²) in [4.78, 5) is 3.87. The summed E-state index contributed by atoms with van der Waals surface area (Å²) in [7, 11) is 0. The molecule has 0 unspecified atom stereocenters. The van der Waals surface area contributed by atoms with Crippen molar-refractivity contribution in [3.05, 3.63) is 29.0 Å². The summed E-state index contributed by atoms with van der Waals surface area (Å²) in [5.41, 5.74) is 0.753. The van der Waals surface area contributed by atoms with Gasteiger partial charge in [-0.3, -0.25) is 0 Å². The second kappa shape index (κ2) is 4.27. The first-order valence-corrected chi connectivity index (χ1v) is 4.06. The van der Waals surface area contributed by atoms with E-state index in [9.17, 15) is 0 Å². The fraction of sp³-hybridized carbons (Fsp3) is 0.125. The lowest BCUT2D eigenvalue weighted by Crippen LogP contribution is -1.79. The highest BCUT2D eigenvalue weighted by molar-refractivity contribution is 7.80. The molecule has 56 valence electrons. The quantitative estimate of drug-likeness (QED) is 0.369. The highest BCUT2D eigenvalue weighted by Gasteiger charge is 1.93. The third kappa shape index (κ3) is 2.45. The molecule has 3 heteroatoms. The van der Waals surface area contributed by atoms with E-state index in [1.54, 1.807) is 12.3 Å². The molecule has 0 aliphatic rings. The predicted molar refractivity (Wildman–Crippen MR) is 50.0 cm³/mol. The summed E-state index contributed by atoms with van der Waals surface area (Å²) in [6, 6.07) is 3.63. The van der Waals surface area contributed by atoms with Gasteiger partial charge < -0.3 is 0 Å². The molecule has 0 spiro atoms. The second-order valence-electron chi connectivity index (χ2n) is 1.80. The predicted octanol–water partition coefficient (Wildman–Crippen LogP) is 2.02. The molecule has 0 aromatic carbocycles. The van der Waals surface area contributed by atoms with Gasteiger partial charge in [0.1, 0.15) is 5.15 Å². The van der Waals surface area contributed by atoms with Crippen LogP contribution in [0.3, 0.4) is 0 Å². The maximum atomic E-state index is 5.72. The third-order valence-corrected chi connectivity index (χ3v) is 1.52. The zero-order valence-electron chi connectivity index (χ0n) is 5.71. The Hall–Kier alpha value is -0.650. The van der Waals surface area contributed by atoms with Crippen LogP contribution in [0, 0.1) is 11.8 Å². The molecule has 0 aliphatic carbocycles. The normalized spacial score (nSPS) is 8.55. The molecule has 0 aliphatic heterocycles. The minimum absolute atomic E-state index is 0.446. The van der Waals surface area contributed by atoms with Gasteiger partial charge in [-0.1, -0.05) is 23.4 Å². The molecule has 0 fully saturated rings. The van der Waals surface area contributed by atoms with Gasteiger partial charge in [-0.15, -0.1) is 0 Å². The van der Waals surface area contributed by atoms with Gasteiger partial charge in [-0.25, -0.2) is 4.98 Å². The number of thiol groups is 1.